The zero-order chi connectivity index (χ0) is 47.9. The second-order valence-corrected chi connectivity index (χ2v) is 17.8. The molecule has 0 N–H and O–H groups in total. The smallest absolute Gasteiger partial charge is 0.306 e. The highest BCUT2D eigenvalue weighted by molar-refractivity contribution is 5.71. The molecule has 0 radical (unpaired) electrons. The SMILES string of the molecule is CC/C=C\C/C=C\C/C=C\C/C=C\C/C=C\C/C=C\CCC(=O)OCC(COC(=O)CCCCCCCCCCCCCCC)OC(=O)CCCCC/C=C\C=C/CCCCCCCCC. The molecule has 0 spiro atoms. The summed E-state index contributed by atoms with van der Waals surface area (Å²) >= 11 is 0. The van der Waals surface area contributed by atoms with Gasteiger partial charge < -0.3 is 14.2 Å². The van der Waals surface area contributed by atoms with Gasteiger partial charge in [-0.25, -0.2) is 0 Å². The largest absolute Gasteiger partial charge is 0.462 e. The molecule has 376 valence electrons. The Morgan fingerprint density at radius 2 is 0.667 bits per heavy atom. The molecule has 0 aromatic rings. The molecule has 0 heterocycles. The van der Waals surface area contributed by atoms with Crippen LogP contribution in [0, 0.1) is 0 Å². The first-order chi connectivity index (χ1) is 32.5. The third-order valence-corrected chi connectivity index (χ3v) is 11.4. The fraction of sp³-hybridized carbons (Fsp3) is 0.683. The third kappa shape index (κ3) is 51.3. The summed E-state index contributed by atoms with van der Waals surface area (Å²) in [6.07, 6.45) is 71.2. The van der Waals surface area contributed by atoms with E-state index in [9.17, 15) is 14.4 Å². The van der Waals surface area contributed by atoms with Crippen molar-refractivity contribution in [2.75, 3.05) is 13.2 Å². The Labute approximate surface area is 407 Å². The molecule has 0 saturated carbocycles. The maximum absolute atomic E-state index is 12.8. The van der Waals surface area contributed by atoms with Gasteiger partial charge in [0.15, 0.2) is 6.10 Å². The van der Waals surface area contributed by atoms with Gasteiger partial charge in [-0.05, 0) is 83.5 Å². The summed E-state index contributed by atoms with van der Waals surface area (Å²) in [4.78, 5) is 38.0. The van der Waals surface area contributed by atoms with Gasteiger partial charge in [-0.15, -0.1) is 0 Å². The van der Waals surface area contributed by atoms with Gasteiger partial charge in [-0.1, -0.05) is 240 Å². The number of ether oxygens (including phenoxy) is 3. The summed E-state index contributed by atoms with van der Waals surface area (Å²) in [6.45, 7) is 6.43. The lowest BCUT2D eigenvalue weighted by Gasteiger charge is -2.18. The molecule has 66 heavy (non-hydrogen) atoms. The minimum Gasteiger partial charge on any atom is -0.462 e. The van der Waals surface area contributed by atoms with Gasteiger partial charge >= 0.3 is 17.9 Å². The van der Waals surface area contributed by atoms with Crippen molar-refractivity contribution >= 4 is 17.9 Å². The van der Waals surface area contributed by atoms with Gasteiger partial charge in [-0.2, -0.15) is 0 Å². The standard InChI is InChI=1S/C60H100O6/c1-4-7-10-13-16-19-22-25-27-29-30-31-33-35-38-41-44-47-50-53-59(62)65-56-57(55-64-58(61)52-49-46-43-40-37-34-24-21-18-15-12-9-6-3)66-60(63)54-51-48-45-42-39-36-32-28-26-23-20-17-14-11-8-5-2/h7,10,16,19,25,27-28,30-32,35-36,38-39,44,47,57H,4-6,8-9,11-15,17-18,20-24,26,29,33-34,37,40-43,45-46,48-56H2,1-3H3/b10-7-,19-16-,27-25-,31-30-,32-28-,38-35-,39-36-,47-44-. The number of allylic oxidation sites excluding steroid dienone is 16. The van der Waals surface area contributed by atoms with Gasteiger partial charge in [0.05, 0.1) is 0 Å². The quantitative estimate of drug-likeness (QED) is 0.0199. The van der Waals surface area contributed by atoms with Gasteiger partial charge in [0.1, 0.15) is 13.2 Å². The highest BCUT2D eigenvalue weighted by Gasteiger charge is 2.19. The molecule has 0 aromatic heterocycles. The topological polar surface area (TPSA) is 78.9 Å². The lowest BCUT2D eigenvalue weighted by Crippen LogP contribution is -2.30. The van der Waals surface area contributed by atoms with E-state index >= 15 is 0 Å². The summed E-state index contributed by atoms with van der Waals surface area (Å²) in [7, 11) is 0. The molecule has 1 atom stereocenters. The Hall–Kier alpha value is -3.67. The molecular weight excluding hydrogens is 817 g/mol. The van der Waals surface area contributed by atoms with Crippen LogP contribution in [0.1, 0.15) is 245 Å². The van der Waals surface area contributed by atoms with Gasteiger partial charge in [0.2, 0.25) is 0 Å². The number of hydrogen-bond donors (Lipinski definition) is 0. The summed E-state index contributed by atoms with van der Waals surface area (Å²) < 4.78 is 16.7. The van der Waals surface area contributed by atoms with Gasteiger partial charge in [0, 0.05) is 19.3 Å². The van der Waals surface area contributed by atoms with Crippen molar-refractivity contribution in [3.8, 4) is 0 Å². The van der Waals surface area contributed by atoms with Crippen molar-refractivity contribution in [1.29, 1.82) is 0 Å². The fourth-order valence-corrected chi connectivity index (χ4v) is 7.28. The summed E-state index contributed by atoms with van der Waals surface area (Å²) in [6, 6.07) is 0. The van der Waals surface area contributed by atoms with Crippen LogP contribution in [-0.2, 0) is 28.6 Å². The Balaban J connectivity index is 4.54. The molecule has 0 aliphatic carbocycles. The van der Waals surface area contributed by atoms with E-state index in [1.807, 2.05) is 6.08 Å². The minimum absolute atomic E-state index is 0.110. The van der Waals surface area contributed by atoms with E-state index in [1.54, 1.807) is 0 Å². The van der Waals surface area contributed by atoms with Crippen molar-refractivity contribution in [3.05, 3.63) is 97.2 Å². The van der Waals surface area contributed by atoms with Gasteiger partial charge in [0.25, 0.3) is 0 Å². The van der Waals surface area contributed by atoms with Crippen LogP contribution in [0.15, 0.2) is 97.2 Å². The molecule has 6 nitrogen and oxygen atoms in total. The third-order valence-electron chi connectivity index (χ3n) is 11.4. The summed E-state index contributed by atoms with van der Waals surface area (Å²) in [5.41, 5.74) is 0. The number of hydrogen-bond acceptors (Lipinski definition) is 6. The van der Waals surface area contributed by atoms with E-state index in [0.717, 1.165) is 89.9 Å². The lowest BCUT2D eigenvalue weighted by atomic mass is 10.0. The van der Waals surface area contributed by atoms with Crippen LogP contribution < -0.4 is 0 Å². The molecule has 0 aliphatic rings. The van der Waals surface area contributed by atoms with E-state index in [-0.39, 0.29) is 44.0 Å². The zero-order valence-corrected chi connectivity index (χ0v) is 42.9. The normalized spacial score (nSPS) is 12.8. The first-order valence-corrected chi connectivity index (χ1v) is 27.3. The molecule has 0 bridgehead atoms. The van der Waals surface area contributed by atoms with E-state index in [1.165, 1.54) is 109 Å². The maximum Gasteiger partial charge on any atom is 0.306 e. The molecule has 0 aliphatic heterocycles. The van der Waals surface area contributed by atoms with Crippen LogP contribution in [0.5, 0.6) is 0 Å². The van der Waals surface area contributed by atoms with Crippen molar-refractivity contribution in [1.82, 2.24) is 0 Å². The fourth-order valence-electron chi connectivity index (χ4n) is 7.28. The van der Waals surface area contributed by atoms with E-state index in [4.69, 9.17) is 14.2 Å². The first kappa shape index (κ1) is 62.3. The molecule has 1 unspecified atom stereocenters. The minimum atomic E-state index is -0.821. The molecular formula is C60H100O6. The Morgan fingerprint density at radius 3 is 1.09 bits per heavy atom. The molecule has 0 saturated heterocycles. The molecule has 6 heteroatoms. The van der Waals surface area contributed by atoms with Crippen LogP contribution in [0.2, 0.25) is 0 Å². The predicted octanol–water partition coefficient (Wildman–Crippen LogP) is 18.1. The van der Waals surface area contributed by atoms with Crippen LogP contribution in [-0.4, -0.2) is 37.2 Å². The Kier molecular flexibility index (Phi) is 50.9. The van der Waals surface area contributed by atoms with Crippen LogP contribution >= 0.6 is 0 Å². The first-order valence-electron chi connectivity index (χ1n) is 27.3. The van der Waals surface area contributed by atoms with Crippen molar-refractivity contribution in [3.63, 3.8) is 0 Å². The maximum atomic E-state index is 12.8. The number of unbranched alkanes of at least 4 members (excludes halogenated alkanes) is 22. The van der Waals surface area contributed by atoms with Crippen molar-refractivity contribution < 1.29 is 28.6 Å². The van der Waals surface area contributed by atoms with Gasteiger partial charge in [-0.3, -0.25) is 14.4 Å². The number of rotatable bonds is 48. The van der Waals surface area contributed by atoms with E-state index in [0.29, 0.717) is 12.8 Å². The highest BCUT2D eigenvalue weighted by Crippen LogP contribution is 2.14. The van der Waals surface area contributed by atoms with Crippen LogP contribution in [0.3, 0.4) is 0 Å². The monoisotopic (exact) mass is 917 g/mol. The highest BCUT2D eigenvalue weighted by atomic mass is 16.6. The molecule has 0 amide bonds. The predicted molar refractivity (Wildman–Crippen MR) is 284 cm³/mol. The number of carbonyl (C=O) groups excluding carboxylic acids is 3. The molecule has 0 rings (SSSR count). The Bertz CT molecular complexity index is 1330. The van der Waals surface area contributed by atoms with Crippen LogP contribution in [0.4, 0.5) is 0 Å². The van der Waals surface area contributed by atoms with E-state index < -0.39 is 6.10 Å². The average molecular weight is 917 g/mol. The second-order valence-electron chi connectivity index (χ2n) is 17.8. The summed E-state index contributed by atoms with van der Waals surface area (Å²) in [5.74, 6) is -1.02. The second kappa shape index (κ2) is 53.9. The number of esters is 3. The summed E-state index contributed by atoms with van der Waals surface area (Å²) in [5, 5.41) is 0. The lowest BCUT2D eigenvalue weighted by molar-refractivity contribution is -0.166. The van der Waals surface area contributed by atoms with Crippen molar-refractivity contribution in [2.24, 2.45) is 0 Å². The molecule has 0 fully saturated rings. The van der Waals surface area contributed by atoms with E-state index in [2.05, 4.69) is 112 Å². The van der Waals surface area contributed by atoms with Crippen molar-refractivity contribution in [2.45, 2.75) is 252 Å². The zero-order valence-electron chi connectivity index (χ0n) is 42.9. The number of carbonyl (C=O) groups is 3. The Morgan fingerprint density at radius 1 is 0.333 bits per heavy atom. The molecule has 0 aromatic carbocycles. The average Bonchev–Trinajstić information content (AvgIpc) is 3.31. The van der Waals surface area contributed by atoms with Crippen LogP contribution in [0.25, 0.3) is 0 Å².